The first kappa shape index (κ1) is 21.0. The van der Waals surface area contributed by atoms with Gasteiger partial charge in [-0.15, -0.1) is 0 Å². The lowest BCUT2D eigenvalue weighted by atomic mass is 10.1. The molecule has 0 spiro atoms. The van der Waals surface area contributed by atoms with E-state index in [0.29, 0.717) is 17.9 Å². The SMILES string of the molecule is Cc1cc(OCCCn2cc(C(=O)COc3ccccc3)c3ccccc32)ccc1Cl. The summed E-state index contributed by atoms with van der Waals surface area (Å²) in [5.74, 6) is 1.47. The van der Waals surface area contributed by atoms with Gasteiger partial charge in [0.1, 0.15) is 11.5 Å². The van der Waals surface area contributed by atoms with Crippen molar-refractivity contribution in [3.05, 3.63) is 95.1 Å². The van der Waals surface area contributed by atoms with Crippen LogP contribution in [0, 0.1) is 6.92 Å². The lowest BCUT2D eigenvalue weighted by molar-refractivity contribution is 0.0923. The third-order valence-corrected chi connectivity index (χ3v) is 5.57. The summed E-state index contributed by atoms with van der Waals surface area (Å²) in [6.07, 6.45) is 2.74. The van der Waals surface area contributed by atoms with E-state index in [1.54, 1.807) is 0 Å². The van der Waals surface area contributed by atoms with E-state index in [1.165, 1.54) is 0 Å². The molecular formula is C26H24ClNO3. The van der Waals surface area contributed by atoms with Crippen LogP contribution in [0.4, 0.5) is 0 Å². The molecule has 0 aliphatic rings. The van der Waals surface area contributed by atoms with E-state index in [1.807, 2.05) is 85.9 Å². The number of carbonyl (C=O) groups excluding carboxylic acids is 1. The fourth-order valence-corrected chi connectivity index (χ4v) is 3.65. The monoisotopic (exact) mass is 433 g/mol. The molecule has 0 atom stereocenters. The molecular weight excluding hydrogens is 410 g/mol. The number of ether oxygens (including phenoxy) is 2. The van der Waals surface area contributed by atoms with E-state index in [2.05, 4.69) is 4.57 Å². The largest absolute Gasteiger partial charge is 0.494 e. The molecule has 0 saturated carbocycles. The van der Waals surface area contributed by atoms with E-state index >= 15 is 0 Å². The summed E-state index contributed by atoms with van der Waals surface area (Å²) in [5, 5.41) is 1.68. The van der Waals surface area contributed by atoms with Crippen molar-refractivity contribution in [3.63, 3.8) is 0 Å². The van der Waals surface area contributed by atoms with E-state index in [4.69, 9.17) is 21.1 Å². The van der Waals surface area contributed by atoms with Gasteiger partial charge in [0, 0.05) is 34.2 Å². The van der Waals surface area contributed by atoms with Crippen LogP contribution in [0.2, 0.25) is 5.02 Å². The standard InChI is InChI=1S/C26H24ClNO3/c1-19-16-21(12-13-24(19)27)30-15-7-14-28-17-23(22-10-5-6-11-25(22)28)26(29)18-31-20-8-3-2-4-9-20/h2-6,8-13,16-17H,7,14-15,18H2,1H3. The highest BCUT2D eigenvalue weighted by atomic mass is 35.5. The average molecular weight is 434 g/mol. The van der Waals surface area contributed by atoms with Crippen LogP contribution < -0.4 is 9.47 Å². The van der Waals surface area contributed by atoms with Crippen LogP contribution in [0.15, 0.2) is 79.0 Å². The lowest BCUT2D eigenvalue weighted by Gasteiger charge is -2.09. The van der Waals surface area contributed by atoms with Crippen molar-refractivity contribution >= 4 is 28.3 Å². The molecule has 0 unspecified atom stereocenters. The van der Waals surface area contributed by atoms with E-state index < -0.39 is 0 Å². The first-order valence-electron chi connectivity index (χ1n) is 10.3. The number of hydrogen-bond acceptors (Lipinski definition) is 3. The second-order valence-electron chi connectivity index (χ2n) is 7.39. The summed E-state index contributed by atoms with van der Waals surface area (Å²) in [5.41, 5.74) is 2.71. The van der Waals surface area contributed by atoms with Gasteiger partial charge in [-0.1, -0.05) is 48.0 Å². The number of halogens is 1. The number of hydrogen-bond donors (Lipinski definition) is 0. The Morgan fingerprint density at radius 2 is 1.71 bits per heavy atom. The molecule has 158 valence electrons. The highest BCUT2D eigenvalue weighted by molar-refractivity contribution is 6.31. The quantitative estimate of drug-likeness (QED) is 0.228. The number of benzene rings is 3. The van der Waals surface area contributed by atoms with E-state index in [9.17, 15) is 4.79 Å². The summed E-state index contributed by atoms with van der Waals surface area (Å²) < 4.78 is 13.6. The maximum Gasteiger partial charge on any atom is 0.202 e. The van der Waals surface area contributed by atoms with Crippen LogP contribution in [0.5, 0.6) is 11.5 Å². The molecule has 1 heterocycles. The van der Waals surface area contributed by atoms with Gasteiger partial charge in [-0.3, -0.25) is 4.79 Å². The first-order chi connectivity index (χ1) is 15.1. The van der Waals surface area contributed by atoms with Crippen LogP contribution in [0.25, 0.3) is 10.9 Å². The Morgan fingerprint density at radius 1 is 0.935 bits per heavy atom. The molecule has 4 nitrogen and oxygen atoms in total. The number of aromatic nitrogens is 1. The van der Waals surface area contributed by atoms with Crippen molar-refractivity contribution in [3.8, 4) is 11.5 Å². The fourth-order valence-electron chi connectivity index (χ4n) is 3.53. The number of aryl methyl sites for hydroxylation is 2. The first-order valence-corrected chi connectivity index (χ1v) is 10.7. The normalized spacial score (nSPS) is 10.9. The van der Waals surface area contributed by atoms with Crippen LogP contribution in [-0.2, 0) is 6.54 Å². The number of para-hydroxylation sites is 2. The lowest BCUT2D eigenvalue weighted by Crippen LogP contribution is -2.11. The molecule has 5 heteroatoms. The predicted molar refractivity (Wildman–Crippen MR) is 125 cm³/mol. The Labute approximate surface area is 187 Å². The van der Waals surface area contributed by atoms with Crippen molar-refractivity contribution in [2.24, 2.45) is 0 Å². The Hall–Kier alpha value is -3.24. The van der Waals surface area contributed by atoms with Crippen LogP contribution in [0.1, 0.15) is 22.3 Å². The van der Waals surface area contributed by atoms with E-state index in [-0.39, 0.29) is 12.4 Å². The maximum atomic E-state index is 12.8. The Bertz CT molecular complexity index is 1180. The summed E-state index contributed by atoms with van der Waals surface area (Å²) in [6.45, 7) is 3.30. The molecule has 31 heavy (non-hydrogen) atoms. The zero-order valence-corrected chi connectivity index (χ0v) is 18.1. The van der Waals surface area contributed by atoms with Crippen molar-refractivity contribution in [1.29, 1.82) is 0 Å². The minimum atomic E-state index is -0.0355. The summed E-state index contributed by atoms with van der Waals surface area (Å²) in [6, 6.07) is 23.0. The van der Waals surface area contributed by atoms with Crippen LogP contribution in [0.3, 0.4) is 0 Å². The molecule has 0 aliphatic carbocycles. The van der Waals surface area contributed by atoms with Gasteiger partial charge >= 0.3 is 0 Å². The number of fused-ring (bicyclic) bond motifs is 1. The number of Topliss-reactive ketones (excluding diaryl/α,β-unsaturated/α-hetero) is 1. The molecule has 1 aromatic heterocycles. The second kappa shape index (κ2) is 9.71. The zero-order valence-electron chi connectivity index (χ0n) is 17.4. The highest BCUT2D eigenvalue weighted by Crippen LogP contribution is 2.24. The maximum absolute atomic E-state index is 12.8. The van der Waals surface area contributed by atoms with Gasteiger partial charge in [0.2, 0.25) is 5.78 Å². The summed E-state index contributed by atoms with van der Waals surface area (Å²) in [7, 11) is 0. The van der Waals surface area contributed by atoms with Gasteiger partial charge in [0.05, 0.1) is 6.61 Å². The Balaban J connectivity index is 1.41. The smallest absolute Gasteiger partial charge is 0.202 e. The molecule has 3 aromatic carbocycles. The molecule has 0 saturated heterocycles. The third-order valence-electron chi connectivity index (χ3n) is 5.14. The number of carbonyl (C=O) groups is 1. The summed E-state index contributed by atoms with van der Waals surface area (Å²) in [4.78, 5) is 12.8. The molecule has 0 N–H and O–H groups in total. The summed E-state index contributed by atoms with van der Waals surface area (Å²) >= 11 is 6.07. The minimum absolute atomic E-state index is 0.0110. The molecule has 0 radical (unpaired) electrons. The Morgan fingerprint density at radius 3 is 2.52 bits per heavy atom. The third kappa shape index (κ3) is 5.09. The van der Waals surface area contributed by atoms with E-state index in [0.717, 1.165) is 40.2 Å². The van der Waals surface area contributed by atoms with Crippen molar-refractivity contribution in [2.75, 3.05) is 13.2 Å². The van der Waals surface area contributed by atoms with Crippen molar-refractivity contribution < 1.29 is 14.3 Å². The molecule has 0 bridgehead atoms. The molecule has 0 amide bonds. The van der Waals surface area contributed by atoms with Crippen LogP contribution >= 0.6 is 11.6 Å². The van der Waals surface area contributed by atoms with Gasteiger partial charge in [0.25, 0.3) is 0 Å². The topological polar surface area (TPSA) is 40.5 Å². The van der Waals surface area contributed by atoms with Gasteiger partial charge in [-0.05, 0) is 55.3 Å². The zero-order chi connectivity index (χ0) is 21.6. The molecule has 0 fully saturated rings. The van der Waals surface area contributed by atoms with Crippen LogP contribution in [-0.4, -0.2) is 23.6 Å². The van der Waals surface area contributed by atoms with Crippen molar-refractivity contribution in [2.45, 2.75) is 19.9 Å². The highest BCUT2D eigenvalue weighted by Gasteiger charge is 2.15. The van der Waals surface area contributed by atoms with Crippen molar-refractivity contribution in [1.82, 2.24) is 4.57 Å². The average Bonchev–Trinajstić information content (AvgIpc) is 3.17. The van der Waals surface area contributed by atoms with Gasteiger partial charge in [-0.2, -0.15) is 0 Å². The number of ketones is 1. The fraction of sp³-hybridized carbons (Fsp3) is 0.192. The second-order valence-corrected chi connectivity index (χ2v) is 7.80. The number of rotatable bonds is 9. The van der Waals surface area contributed by atoms with Gasteiger partial charge in [0.15, 0.2) is 6.61 Å². The van der Waals surface area contributed by atoms with Gasteiger partial charge < -0.3 is 14.0 Å². The number of nitrogens with zero attached hydrogens (tertiary/aromatic N) is 1. The Kier molecular flexibility index (Phi) is 6.58. The minimum Gasteiger partial charge on any atom is -0.494 e. The van der Waals surface area contributed by atoms with Gasteiger partial charge in [-0.25, -0.2) is 0 Å². The molecule has 0 aliphatic heterocycles. The molecule has 4 aromatic rings. The predicted octanol–water partition coefficient (Wildman–Crippen LogP) is 6.33. The molecule has 4 rings (SSSR count).